The third kappa shape index (κ3) is 2.78. The summed E-state index contributed by atoms with van der Waals surface area (Å²) in [4.78, 5) is 21.9. The number of amides is 1. The fourth-order valence-electron chi connectivity index (χ4n) is 1.45. The highest BCUT2D eigenvalue weighted by atomic mass is 32.1. The summed E-state index contributed by atoms with van der Waals surface area (Å²) in [6.45, 7) is 0. The van der Waals surface area contributed by atoms with E-state index < -0.39 is 16.6 Å². The lowest BCUT2D eigenvalue weighted by atomic mass is 10.2. The van der Waals surface area contributed by atoms with E-state index in [4.69, 9.17) is 5.26 Å². The molecule has 6 nitrogen and oxygen atoms in total. The van der Waals surface area contributed by atoms with Gasteiger partial charge in [0, 0.05) is 6.07 Å². The lowest BCUT2D eigenvalue weighted by Crippen LogP contribution is -2.11. The number of nitriles is 1. The molecule has 2 aromatic rings. The number of halogens is 1. The third-order valence-corrected chi connectivity index (χ3v) is 3.38. The zero-order valence-corrected chi connectivity index (χ0v) is 10.6. The van der Waals surface area contributed by atoms with Crippen LogP contribution >= 0.6 is 11.3 Å². The number of hydrogen-bond donors (Lipinski definition) is 1. The molecule has 1 amide bonds. The molecule has 0 unspecified atom stereocenters. The smallest absolute Gasteiger partial charge is 0.320 e. The molecular formula is C12H6FN3O3S. The fourth-order valence-corrected chi connectivity index (χ4v) is 2.17. The number of carbonyl (C=O) groups excluding carboxylic acids is 1. The van der Waals surface area contributed by atoms with Gasteiger partial charge in [-0.3, -0.25) is 14.9 Å². The lowest BCUT2D eigenvalue weighted by Gasteiger charge is -2.05. The second-order valence-corrected chi connectivity index (χ2v) is 4.71. The maximum Gasteiger partial charge on any atom is 0.324 e. The van der Waals surface area contributed by atoms with E-state index in [0.29, 0.717) is 11.3 Å². The highest BCUT2D eigenvalue weighted by Crippen LogP contribution is 2.25. The van der Waals surface area contributed by atoms with Gasteiger partial charge in [0.15, 0.2) is 0 Å². The summed E-state index contributed by atoms with van der Waals surface area (Å²) in [6.07, 6.45) is 0. The first kappa shape index (κ1) is 13.6. The molecule has 100 valence electrons. The summed E-state index contributed by atoms with van der Waals surface area (Å²) in [7, 11) is 0. The van der Waals surface area contributed by atoms with Crippen molar-refractivity contribution >= 4 is 27.9 Å². The predicted molar refractivity (Wildman–Crippen MR) is 70.0 cm³/mol. The molecule has 0 spiro atoms. The minimum Gasteiger partial charge on any atom is -0.320 e. The van der Waals surface area contributed by atoms with Crippen molar-refractivity contribution in [2.24, 2.45) is 0 Å². The Morgan fingerprint density at radius 1 is 1.40 bits per heavy atom. The monoisotopic (exact) mass is 291 g/mol. The van der Waals surface area contributed by atoms with Crippen molar-refractivity contribution < 1.29 is 14.1 Å². The Bertz CT molecular complexity index is 736. The van der Waals surface area contributed by atoms with Gasteiger partial charge in [0.2, 0.25) is 0 Å². The Hall–Kier alpha value is -2.79. The normalized spacial score (nSPS) is 9.80. The summed E-state index contributed by atoms with van der Waals surface area (Å²) in [5.41, 5.74) is 0.124. The number of benzene rings is 1. The zero-order chi connectivity index (χ0) is 14.7. The quantitative estimate of drug-likeness (QED) is 0.694. The van der Waals surface area contributed by atoms with Crippen molar-refractivity contribution in [3.05, 3.63) is 56.7 Å². The first-order valence-electron chi connectivity index (χ1n) is 5.26. The van der Waals surface area contributed by atoms with E-state index in [9.17, 15) is 19.3 Å². The van der Waals surface area contributed by atoms with Gasteiger partial charge in [-0.15, -0.1) is 0 Å². The molecule has 0 atom stereocenters. The van der Waals surface area contributed by atoms with Crippen molar-refractivity contribution in [3.63, 3.8) is 0 Å². The molecule has 1 heterocycles. The van der Waals surface area contributed by atoms with Crippen molar-refractivity contribution in [1.82, 2.24) is 0 Å². The highest BCUT2D eigenvalue weighted by molar-refractivity contribution is 7.17. The van der Waals surface area contributed by atoms with E-state index >= 15 is 0 Å². The molecule has 0 saturated heterocycles. The number of carbonyl (C=O) groups is 1. The number of nitrogens with zero attached hydrogens (tertiary/aromatic N) is 2. The van der Waals surface area contributed by atoms with Gasteiger partial charge < -0.3 is 5.32 Å². The second kappa shape index (κ2) is 5.46. The topological polar surface area (TPSA) is 96.0 Å². The molecule has 0 radical (unpaired) electrons. The van der Waals surface area contributed by atoms with E-state index in [1.165, 1.54) is 18.2 Å². The van der Waals surface area contributed by atoms with Crippen molar-refractivity contribution in [3.8, 4) is 6.07 Å². The maximum atomic E-state index is 13.0. The van der Waals surface area contributed by atoms with Gasteiger partial charge >= 0.3 is 5.00 Å². The first-order valence-corrected chi connectivity index (χ1v) is 6.08. The minimum atomic E-state index is -0.597. The van der Waals surface area contributed by atoms with Crippen LogP contribution in [0, 0.1) is 27.3 Å². The average molecular weight is 291 g/mol. The van der Waals surface area contributed by atoms with Crippen LogP contribution < -0.4 is 5.32 Å². The summed E-state index contributed by atoms with van der Waals surface area (Å²) in [5, 5.41) is 21.6. The Morgan fingerprint density at radius 3 is 2.75 bits per heavy atom. The predicted octanol–water partition coefficient (Wildman–Crippen LogP) is 2.92. The Kier molecular flexibility index (Phi) is 3.72. The molecule has 20 heavy (non-hydrogen) atoms. The molecule has 0 aliphatic heterocycles. The molecule has 8 heteroatoms. The molecule has 0 saturated carbocycles. The lowest BCUT2D eigenvalue weighted by molar-refractivity contribution is -0.380. The third-order valence-electron chi connectivity index (χ3n) is 2.35. The fraction of sp³-hybridized carbons (Fsp3) is 0. The largest absolute Gasteiger partial charge is 0.324 e. The minimum absolute atomic E-state index is 0.0237. The molecule has 1 N–H and O–H groups in total. The molecule has 0 bridgehead atoms. The Balaban J connectivity index is 2.23. The van der Waals surface area contributed by atoms with Crippen LogP contribution in [0.25, 0.3) is 0 Å². The van der Waals surface area contributed by atoms with Crippen molar-refractivity contribution in [2.75, 3.05) is 5.32 Å². The van der Waals surface area contributed by atoms with Crippen LogP contribution in [0.15, 0.2) is 30.3 Å². The van der Waals surface area contributed by atoms with Crippen LogP contribution in [0.4, 0.5) is 15.1 Å². The molecule has 0 fully saturated rings. The number of thiophene rings is 1. The van der Waals surface area contributed by atoms with Crippen LogP contribution in [0.5, 0.6) is 0 Å². The zero-order valence-electron chi connectivity index (χ0n) is 9.79. The Labute approximate surface area is 116 Å². The van der Waals surface area contributed by atoms with E-state index in [1.54, 1.807) is 6.07 Å². The first-order chi connectivity index (χ1) is 9.51. The highest BCUT2D eigenvalue weighted by Gasteiger charge is 2.16. The summed E-state index contributed by atoms with van der Waals surface area (Å²) in [5.74, 6) is -1.18. The van der Waals surface area contributed by atoms with Crippen molar-refractivity contribution in [2.45, 2.75) is 0 Å². The average Bonchev–Trinajstić information content (AvgIpc) is 2.90. The van der Waals surface area contributed by atoms with Crippen molar-refractivity contribution in [1.29, 1.82) is 5.26 Å². The number of anilines is 1. The molecule has 1 aromatic heterocycles. The van der Waals surface area contributed by atoms with Crippen LogP contribution in [-0.4, -0.2) is 10.8 Å². The van der Waals surface area contributed by atoms with Crippen LogP contribution in [0.2, 0.25) is 0 Å². The van der Waals surface area contributed by atoms with Gasteiger partial charge in [-0.05, 0) is 24.3 Å². The molecule has 0 aliphatic rings. The van der Waals surface area contributed by atoms with Gasteiger partial charge in [-0.2, -0.15) is 5.26 Å². The second-order valence-electron chi connectivity index (χ2n) is 3.65. The SMILES string of the molecule is N#Cc1cc(F)ccc1NC(=O)c1ccc([N+](=O)[O-])s1. The molecule has 1 aromatic carbocycles. The van der Waals surface area contributed by atoms with Crippen LogP contribution in [0.3, 0.4) is 0 Å². The maximum absolute atomic E-state index is 13.0. The van der Waals surface area contributed by atoms with Gasteiger partial charge in [0.05, 0.1) is 21.1 Å². The van der Waals surface area contributed by atoms with E-state index in [0.717, 1.165) is 12.1 Å². The molecule has 0 aliphatic carbocycles. The van der Waals surface area contributed by atoms with Gasteiger partial charge in [-0.25, -0.2) is 4.39 Å². The number of nitro groups is 1. The number of rotatable bonds is 3. The summed E-state index contributed by atoms with van der Waals surface area (Å²) in [6, 6.07) is 7.64. The van der Waals surface area contributed by atoms with Gasteiger partial charge in [0.1, 0.15) is 11.9 Å². The Morgan fingerprint density at radius 2 is 2.15 bits per heavy atom. The molecular weight excluding hydrogens is 285 g/mol. The van der Waals surface area contributed by atoms with E-state index in [-0.39, 0.29) is 21.1 Å². The van der Waals surface area contributed by atoms with Crippen LogP contribution in [0.1, 0.15) is 15.2 Å². The van der Waals surface area contributed by atoms with Gasteiger partial charge in [-0.1, -0.05) is 11.3 Å². The number of nitrogens with one attached hydrogen (secondary N) is 1. The standard InChI is InChI=1S/C12H6FN3O3S/c13-8-1-2-9(7(5-8)6-14)15-12(17)10-3-4-11(20-10)16(18)19/h1-5H,(H,15,17). The molecule has 2 rings (SSSR count). The summed E-state index contributed by atoms with van der Waals surface area (Å²) < 4.78 is 13.0. The van der Waals surface area contributed by atoms with E-state index in [1.807, 2.05) is 0 Å². The van der Waals surface area contributed by atoms with Crippen LogP contribution in [-0.2, 0) is 0 Å². The number of hydrogen-bond acceptors (Lipinski definition) is 5. The summed E-state index contributed by atoms with van der Waals surface area (Å²) >= 11 is 0.717. The van der Waals surface area contributed by atoms with E-state index in [2.05, 4.69) is 5.32 Å². The van der Waals surface area contributed by atoms with Gasteiger partial charge in [0.25, 0.3) is 5.91 Å².